The molecule has 8 nitrogen and oxygen atoms in total. The van der Waals surface area contributed by atoms with Crippen molar-refractivity contribution in [2.75, 3.05) is 0 Å². The zero-order chi connectivity index (χ0) is 18.0. The summed E-state index contributed by atoms with van der Waals surface area (Å²) in [5.74, 6) is 1.36. The molecule has 0 aliphatic heterocycles. The first-order chi connectivity index (χ1) is 12.0. The van der Waals surface area contributed by atoms with Crippen LogP contribution in [0.25, 0.3) is 5.82 Å². The van der Waals surface area contributed by atoms with Gasteiger partial charge in [-0.25, -0.2) is 9.97 Å². The smallest absolute Gasteiger partial charge is 0.232 e. The van der Waals surface area contributed by atoms with Crippen LogP contribution in [0, 0.1) is 39.0 Å². The van der Waals surface area contributed by atoms with Crippen molar-refractivity contribution in [3.8, 4) is 17.8 Å². The fourth-order valence-electron chi connectivity index (χ4n) is 2.40. The summed E-state index contributed by atoms with van der Waals surface area (Å²) in [6.07, 6.45) is 0. The number of nitriles is 1. The lowest BCUT2D eigenvalue weighted by molar-refractivity contribution is 0.279. The standard InChI is InChI=1S/C17H17N7O/c1-10-6-5-7-15(19-10)24-16(21-22-23-24)9-25-17-14(8-18)12(3)11(2)13(4)20-17/h5-7H,9H2,1-4H3. The van der Waals surface area contributed by atoms with Crippen molar-refractivity contribution in [1.29, 1.82) is 5.26 Å². The Hall–Kier alpha value is -3.34. The van der Waals surface area contributed by atoms with E-state index in [1.165, 1.54) is 4.68 Å². The average Bonchev–Trinajstić information content (AvgIpc) is 3.06. The molecule has 0 N–H and O–H groups in total. The van der Waals surface area contributed by atoms with Crippen molar-refractivity contribution >= 4 is 0 Å². The summed E-state index contributed by atoms with van der Waals surface area (Å²) in [7, 11) is 0. The average molecular weight is 335 g/mol. The van der Waals surface area contributed by atoms with Gasteiger partial charge < -0.3 is 4.74 Å². The second-order valence-electron chi connectivity index (χ2n) is 5.67. The number of hydrogen-bond acceptors (Lipinski definition) is 7. The molecule has 0 radical (unpaired) electrons. The molecular weight excluding hydrogens is 318 g/mol. The van der Waals surface area contributed by atoms with Crippen LogP contribution < -0.4 is 4.74 Å². The number of ether oxygens (including phenoxy) is 1. The summed E-state index contributed by atoms with van der Waals surface area (Å²) < 4.78 is 7.26. The summed E-state index contributed by atoms with van der Waals surface area (Å²) in [4.78, 5) is 8.78. The number of nitrogens with zero attached hydrogens (tertiary/aromatic N) is 7. The minimum absolute atomic E-state index is 0.0756. The van der Waals surface area contributed by atoms with Crippen LogP contribution in [-0.4, -0.2) is 30.2 Å². The largest absolute Gasteiger partial charge is 0.468 e. The van der Waals surface area contributed by atoms with Gasteiger partial charge in [0.25, 0.3) is 0 Å². The molecule has 0 spiro atoms. The molecule has 0 saturated carbocycles. The van der Waals surface area contributed by atoms with Gasteiger partial charge in [0.05, 0.1) is 0 Å². The van der Waals surface area contributed by atoms with Gasteiger partial charge in [-0.2, -0.15) is 9.94 Å². The van der Waals surface area contributed by atoms with E-state index in [2.05, 4.69) is 31.6 Å². The molecule has 3 aromatic heterocycles. The Morgan fingerprint density at radius 1 is 1.12 bits per heavy atom. The Morgan fingerprint density at radius 3 is 2.64 bits per heavy atom. The van der Waals surface area contributed by atoms with Crippen molar-refractivity contribution in [1.82, 2.24) is 30.2 Å². The molecule has 0 unspecified atom stereocenters. The molecule has 126 valence electrons. The molecule has 0 saturated heterocycles. The summed E-state index contributed by atoms with van der Waals surface area (Å²) in [5, 5.41) is 21.0. The molecule has 0 amide bonds. The third-order valence-corrected chi connectivity index (χ3v) is 4.04. The minimum Gasteiger partial charge on any atom is -0.468 e. The van der Waals surface area contributed by atoms with Gasteiger partial charge >= 0.3 is 0 Å². The van der Waals surface area contributed by atoms with Gasteiger partial charge in [-0.1, -0.05) is 6.07 Å². The molecule has 0 bridgehead atoms. The van der Waals surface area contributed by atoms with Gasteiger partial charge in [-0.05, 0) is 61.4 Å². The molecule has 0 fully saturated rings. The van der Waals surface area contributed by atoms with E-state index in [1.54, 1.807) is 0 Å². The number of tetrazole rings is 1. The van der Waals surface area contributed by atoms with Crippen LogP contribution in [0.2, 0.25) is 0 Å². The normalized spacial score (nSPS) is 10.5. The number of pyridine rings is 2. The third-order valence-electron chi connectivity index (χ3n) is 4.04. The number of aromatic nitrogens is 6. The maximum Gasteiger partial charge on any atom is 0.232 e. The third kappa shape index (κ3) is 3.17. The highest BCUT2D eigenvalue weighted by Gasteiger charge is 2.16. The molecule has 8 heteroatoms. The summed E-state index contributed by atoms with van der Waals surface area (Å²) in [6.45, 7) is 7.68. The maximum absolute atomic E-state index is 9.41. The molecule has 0 aromatic carbocycles. The summed E-state index contributed by atoms with van der Waals surface area (Å²) in [5.41, 5.74) is 3.96. The zero-order valence-electron chi connectivity index (χ0n) is 14.5. The van der Waals surface area contributed by atoms with E-state index in [4.69, 9.17) is 4.74 Å². The van der Waals surface area contributed by atoms with E-state index < -0.39 is 0 Å². The van der Waals surface area contributed by atoms with Gasteiger partial charge in [0.1, 0.15) is 11.6 Å². The Kier molecular flexibility index (Phi) is 4.39. The van der Waals surface area contributed by atoms with Crippen molar-refractivity contribution in [3.63, 3.8) is 0 Å². The van der Waals surface area contributed by atoms with Crippen molar-refractivity contribution in [2.45, 2.75) is 34.3 Å². The molecule has 0 atom stereocenters. The van der Waals surface area contributed by atoms with Crippen LogP contribution in [-0.2, 0) is 6.61 Å². The highest BCUT2D eigenvalue weighted by atomic mass is 16.5. The lowest BCUT2D eigenvalue weighted by atomic mass is 10.0. The fourth-order valence-corrected chi connectivity index (χ4v) is 2.40. The lowest BCUT2D eigenvalue weighted by Gasteiger charge is -2.12. The van der Waals surface area contributed by atoms with E-state index in [9.17, 15) is 5.26 Å². The lowest BCUT2D eigenvalue weighted by Crippen LogP contribution is -2.10. The number of aryl methyl sites for hydroxylation is 2. The molecule has 0 aliphatic rings. The van der Waals surface area contributed by atoms with Gasteiger partial charge in [-0.15, -0.1) is 5.10 Å². The zero-order valence-corrected chi connectivity index (χ0v) is 14.5. The fraction of sp³-hybridized carbons (Fsp3) is 0.294. The number of rotatable bonds is 4. The predicted octanol–water partition coefficient (Wildman–Crippen LogP) is 2.14. The Balaban J connectivity index is 1.90. The van der Waals surface area contributed by atoms with E-state index in [1.807, 2.05) is 45.9 Å². The molecule has 0 aliphatic carbocycles. The molecule has 3 rings (SSSR count). The van der Waals surface area contributed by atoms with Crippen LogP contribution >= 0.6 is 0 Å². The van der Waals surface area contributed by atoms with Crippen molar-refractivity contribution in [3.05, 3.63) is 52.1 Å². The Morgan fingerprint density at radius 2 is 1.92 bits per heavy atom. The van der Waals surface area contributed by atoms with Crippen LogP contribution in [0.4, 0.5) is 0 Å². The first kappa shape index (κ1) is 16.5. The first-order valence-corrected chi connectivity index (χ1v) is 7.73. The Bertz CT molecular complexity index is 972. The molecule has 3 aromatic rings. The van der Waals surface area contributed by atoms with Crippen LogP contribution in [0.5, 0.6) is 5.88 Å². The van der Waals surface area contributed by atoms with Gasteiger partial charge in [0.15, 0.2) is 18.2 Å². The maximum atomic E-state index is 9.41. The molecule has 3 heterocycles. The highest BCUT2D eigenvalue weighted by molar-refractivity contribution is 5.49. The van der Waals surface area contributed by atoms with Crippen molar-refractivity contribution in [2.24, 2.45) is 0 Å². The van der Waals surface area contributed by atoms with Gasteiger partial charge in [0, 0.05) is 11.4 Å². The highest BCUT2D eigenvalue weighted by Crippen LogP contribution is 2.24. The van der Waals surface area contributed by atoms with Gasteiger partial charge in [-0.3, -0.25) is 0 Å². The van der Waals surface area contributed by atoms with Crippen molar-refractivity contribution < 1.29 is 4.74 Å². The van der Waals surface area contributed by atoms with E-state index in [-0.39, 0.29) is 12.5 Å². The molecular formula is C17H17N7O. The predicted molar refractivity (Wildman–Crippen MR) is 89.2 cm³/mol. The Labute approximate surface area is 145 Å². The number of hydrogen-bond donors (Lipinski definition) is 0. The second kappa shape index (κ2) is 6.65. The summed E-state index contributed by atoms with van der Waals surface area (Å²) >= 11 is 0. The van der Waals surface area contributed by atoms with Gasteiger partial charge in [0.2, 0.25) is 5.88 Å². The first-order valence-electron chi connectivity index (χ1n) is 7.73. The van der Waals surface area contributed by atoms with E-state index in [0.29, 0.717) is 17.2 Å². The molecule has 25 heavy (non-hydrogen) atoms. The van der Waals surface area contributed by atoms with Crippen LogP contribution in [0.3, 0.4) is 0 Å². The monoisotopic (exact) mass is 335 g/mol. The van der Waals surface area contributed by atoms with E-state index in [0.717, 1.165) is 22.5 Å². The minimum atomic E-state index is 0.0756. The van der Waals surface area contributed by atoms with E-state index >= 15 is 0 Å². The quantitative estimate of drug-likeness (QED) is 0.719. The summed E-state index contributed by atoms with van der Waals surface area (Å²) in [6, 6.07) is 7.74. The topological polar surface area (TPSA) is 102 Å². The SMILES string of the molecule is Cc1cccc(-n2nnnc2COc2nc(C)c(C)c(C)c2C#N)n1. The second-order valence-corrected chi connectivity index (χ2v) is 5.67. The van der Waals surface area contributed by atoms with Crippen LogP contribution in [0.1, 0.15) is 33.9 Å². The van der Waals surface area contributed by atoms with Crippen LogP contribution in [0.15, 0.2) is 18.2 Å².